The predicted octanol–water partition coefficient (Wildman–Crippen LogP) is 3.81. The van der Waals surface area contributed by atoms with Crippen molar-refractivity contribution >= 4 is 34.5 Å². The Bertz CT molecular complexity index is 1270. The summed E-state index contributed by atoms with van der Waals surface area (Å²) in [7, 11) is 0. The van der Waals surface area contributed by atoms with Crippen LogP contribution >= 0.6 is 11.8 Å². The van der Waals surface area contributed by atoms with Crippen molar-refractivity contribution in [2.24, 2.45) is 5.92 Å². The van der Waals surface area contributed by atoms with Gasteiger partial charge >= 0.3 is 5.97 Å². The molecule has 0 spiro atoms. The average molecular weight is 484 g/mol. The van der Waals surface area contributed by atoms with Crippen LogP contribution in [0.4, 0.5) is 4.39 Å². The van der Waals surface area contributed by atoms with Crippen LogP contribution < -0.4 is 5.56 Å². The van der Waals surface area contributed by atoms with Crippen LogP contribution in [0.3, 0.4) is 0 Å². The minimum absolute atomic E-state index is 0.0863. The number of rotatable bonds is 6. The van der Waals surface area contributed by atoms with Gasteiger partial charge in [-0.15, -0.1) is 0 Å². The van der Waals surface area contributed by atoms with Crippen LogP contribution in [0.15, 0.2) is 58.5 Å². The summed E-state index contributed by atoms with van der Waals surface area (Å²) in [6.45, 7) is 4.78. The van der Waals surface area contributed by atoms with E-state index in [-0.39, 0.29) is 28.6 Å². The first kappa shape index (κ1) is 23.9. The molecule has 1 aliphatic rings. The molecule has 34 heavy (non-hydrogen) atoms. The Morgan fingerprint density at radius 3 is 2.53 bits per heavy atom. The normalized spacial score (nSPS) is 15.3. The number of hydrogen-bond acceptors (Lipinski definition) is 6. The van der Waals surface area contributed by atoms with Crippen molar-refractivity contribution in [2.75, 3.05) is 19.7 Å². The summed E-state index contributed by atoms with van der Waals surface area (Å²) in [4.78, 5) is 44.8. The molecule has 2 aromatic carbocycles. The Balaban J connectivity index is 1.60. The van der Waals surface area contributed by atoms with Crippen LogP contribution in [0, 0.1) is 11.7 Å². The smallest absolute Gasteiger partial charge is 0.309 e. The minimum atomic E-state index is -0.565. The van der Waals surface area contributed by atoms with Crippen molar-refractivity contribution in [3.8, 4) is 5.69 Å². The number of nitrogens with zero attached hydrogens (tertiary/aromatic N) is 3. The Hall–Kier alpha value is -3.20. The highest BCUT2D eigenvalue weighted by Crippen LogP contribution is 2.28. The maximum atomic E-state index is 14.7. The van der Waals surface area contributed by atoms with E-state index in [9.17, 15) is 18.8 Å². The lowest BCUT2D eigenvalue weighted by molar-refractivity contribution is -0.151. The molecule has 1 aromatic heterocycles. The Kier molecular flexibility index (Phi) is 7.31. The number of para-hydroxylation sites is 2. The van der Waals surface area contributed by atoms with E-state index in [1.54, 1.807) is 55.1 Å². The molecule has 1 amide bonds. The van der Waals surface area contributed by atoms with E-state index in [0.29, 0.717) is 43.4 Å². The molecule has 0 aliphatic carbocycles. The van der Waals surface area contributed by atoms with Gasteiger partial charge in [-0.25, -0.2) is 9.37 Å². The molecule has 2 heterocycles. The van der Waals surface area contributed by atoms with Gasteiger partial charge in [-0.1, -0.05) is 36.0 Å². The van der Waals surface area contributed by atoms with Crippen molar-refractivity contribution in [1.82, 2.24) is 14.5 Å². The van der Waals surface area contributed by atoms with Crippen molar-refractivity contribution in [3.63, 3.8) is 0 Å². The van der Waals surface area contributed by atoms with Crippen molar-refractivity contribution in [1.29, 1.82) is 0 Å². The molecule has 178 valence electrons. The molecule has 4 rings (SSSR count). The number of carbonyl (C=O) groups is 2. The number of likely N-dealkylation sites (tertiary alicyclic amines) is 1. The fourth-order valence-electron chi connectivity index (χ4n) is 4.10. The molecule has 1 saturated heterocycles. The summed E-state index contributed by atoms with van der Waals surface area (Å²) < 4.78 is 21.0. The summed E-state index contributed by atoms with van der Waals surface area (Å²) in [5.41, 5.74) is 0.175. The molecular formula is C25H26FN3O4S. The minimum Gasteiger partial charge on any atom is -0.466 e. The predicted molar refractivity (Wildman–Crippen MR) is 129 cm³/mol. The van der Waals surface area contributed by atoms with Gasteiger partial charge in [0.2, 0.25) is 5.91 Å². The summed E-state index contributed by atoms with van der Waals surface area (Å²) in [5, 5.41) is 0.0522. The van der Waals surface area contributed by atoms with Gasteiger partial charge in [-0.3, -0.25) is 19.0 Å². The molecule has 3 aromatic rings. The second-order valence-corrected chi connectivity index (χ2v) is 9.42. The molecule has 0 bridgehead atoms. The highest BCUT2D eigenvalue weighted by molar-refractivity contribution is 8.00. The van der Waals surface area contributed by atoms with Crippen molar-refractivity contribution < 1.29 is 18.7 Å². The van der Waals surface area contributed by atoms with Gasteiger partial charge in [0.05, 0.1) is 34.4 Å². The molecule has 1 fully saturated rings. The Morgan fingerprint density at radius 2 is 1.82 bits per heavy atom. The zero-order valence-electron chi connectivity index (χ0n) is 19.1. The second-order valence-electron chi connectivity index (χ2n) is 8.12. The van der Waals surface area contributed by atoms with Crippen LogP contribution in [0.2, 0.25) is 0 Å². The number of esters is 1. The number of carbonyl (C=O) groups excluding carboxylic acids is 2. The van der Waals surface area contributed by atoms with E-state index < -0.39 is 16.6 Å². The number of ether oxygens (including phenoxy) is 1. The summed E-state index contributed by atoms with van der Waals surface area (Å²) >= 11 is 1.12. The Morgan fingerprint density at radius 1 is 1.15 bits per heavy atom. The molecule has 0 radical (unpaired) electrons. The van der Waals surface area contributed by atoms with Crippen LogP contribution in [0.5, 0.6) is 0 Å². The van der Waals surface area contributed by atoms with Gasteiger partial charge < -0.3 is 9.64 Å². The first-order chi connectivity index (χ1) is 16.4. The van der Waals surface area contributed by atoms with E-state index in [1.165, 1.54) is 16.7 Å². The van der Waals surface area contributed by atoms with E-state index in [1.807, 2.05) is 0 Å². The maximum Gasteiger partial charge on any atom is 0.309 e. The third kappa shape index (κ3) is 4.84. The quantitative estimate of drug-likeness (QED) is 0.301. The lowest BCUT2D eigenvalue weighted by atomic mass is 9.97. The molecule has 0 N–H and O–H groups in total. The highest BCUT2D eigenvalue weighted by atomic mass is 32.2. The standard InChI is InChI=1S/C25H26FN3O4S/c1-3-33-24(32)17-12-14-28(15-13-17)22(30)16(2)34-25-27-20-10-6-4-8-18(20)23(31)29(25)21-11-7-5-9-19(21)26/h4-11,16-17H,3,12-15H2,1-2H3. The van der Waals surface area contributed by atoms with Gasteiger partial charge in [-0.2, -0.15) is 0 Å². The lowest BCUT2D eigenvalue weighted by Crippen LogP contribution is -2.43. The fraction of sp³-hybridized carbons (Fsp3) is 0.360. The molecule has 1 unspecified atom stereocenters. The van der Waals surface area contributed by atoms with Crippen LogP contribution in [-0.4, -0.2) is 51.3 Å². The van der Waals surface area contributed by atoms with Crippen LogP contribution in [-0.2, 0) is 14.3 Å². The van der Waals surface area contributed by atoms with Crippen LogP contribution in [0.1, 0.15) is 26.7 Å². The zero-order valence-corrected chi connectivity index (χ0v) is 19.9. The first-order valence-electron chi connectivity index (χ1n) is 11.3. The number of halogens is 1. The third-order valence-corrected chi connectivity index (χ3v) is 6.93. The summed E-state index contributed by atoms with van der Waals surface area (Å²) in [6, 6.07) is 12.9. The van der Waals surface area contributed by atoms with Gasteiger partial charge in [0.15, 0.2) is 5.16 Å². The van der Waals surface area contributed by atoms with Gasteiger partial charge in [-0.05, 0) is 51.0 Å². The molecule has 0 saturated carbocycles. The monoisotopic (exact) mass is 483 g/mol. The molecular weight excluding hydrogens is 457 g/mol. The summed E-state index contributed by atoms with van der Waals surface area (Å²) in [5.74, 6) is -1.08. The third-order valence-electron chi connectivity index (χ3n) is 5.89. The topological polar surface area (TPSA) is 81.5 Å². The molecule has 9 heteroatoms. The first-order valence-corrected chi connectivity index (χ1v) is 12.2. The second kappa shape index (κ2) is 10.4. The molecule has 7 nitrogen and oxygen atoms in total. The highest BCUT2D eigenvalue weighted by Gasteiger charge is 2.31. The number of aromatic nitrogens is 2. The van der Waals surface area contributed by atoms with Crippen molar-refractivity contribution in [3.05, 3.63) is 64.7 Å². The van der Waals surface area contributed by atoms with E-state index in [4.69, 9.17) is 4.74 Å². The molecule has 1 atom stereocenters. The molecule has 1 aliphatic heterocycles. The van der Waals surface area contributed by atoms with Crippen LogP contribution in [0.25, 0.3) is 16.6 Å². The SMILES string of the molecule is CCOC(=O)C1CCN(C(=O)C(C)Sc2nc3ccccc3c(=O)n2-c2ccccc2F)CC1. The number of piperidine rings is 1. The van der Waals surface area contributed by atoms with Gasteiger partial charge in [0, 0.05) is 13.1 Å². The number of thioether (sulfide) groups is 1. The van der Waals surface area contributed by atoms with E-state index in [2.05, 4.69) is 4.98 Å². The maximum absolute atomic E-state index is 14.7. The summed E-state index contributed by atoms with van der Waals surface area (Å²) in [6.07, 6.45) is 1.10. The van der Waals surface area contributed by atoms with Gasteiger partial charge in [0.1, 0.15) is 5.82 Å². The number of benzene rings is 2. The Labute approximate surface area is 200 Å². The number of fused-ring (bicyclic) bond motifs is 1. The largest absolute Gasteiger partial charge is 0.466 e. The zero-order chi connectivity index (χ0) is 24.2. The van der Waals surface area contributed by atoms with Crippen molar-refractivity contribution in [2.45, 2.75) is 37.1 Å². The fourth-order valence-corrected chi connectivity index (χ4v) is 5.10. The number of hydrogen-bond donors (Lipinski definition) is 0. The number of amides is 1. The average Bonchev–Trinajstić information content (AvgIpc) is 2.85. The lowest BCUT2D eigenvalue weighted by Gasteiger charge is -2.32. The van der Waals surface area contributed by atoms with E-state index in [0.717, 1.165) is 11.8 Å². The van der Waals surface area contributed by atoms with Gasteiger partial charge in [0.25, 0.3) is 5.56 Å². The van der Waals surface area contributed by atoms with E-state index >= 15 is 0 Å².